The third-order valence-electron chi connectivity index (χ3n) is 1.21. The summed E-state index contributed by atoms with van der Waals surface area (Å²) in [5.74, 6) is -0.137. The number of nitrogens with zero attached hydrogens (tertiary/aromatic N) is 1. The van der Waals surface area contributed by atoms with E-state index in [1.54, 1.807) is 12.1 Å². The van der Waals surface area contributed by atoms with Crippen LogP contribution >= 0.6 is 11.6 Å². The summed E-state index contributed by atoms with van der Waals surface area (Å²) in [6.07, 6.45) is 0. The second kappa shape index (κ2) is 3.32. The van der Waals surface area contributed by atoms with Crippen molar-refractivity contribution >= 4 is 23.2 Å². The van der Waals surface area contributed by atoms with Gasteiger partial charge in [-0.15, -0.1) is 0 Å². The highest BCUT2D eigenvalue weighted by molar-refractivity contribution is 6.34. The molecule has 0 fully saturated rings. The van der Waals surface area contributed by atoms with Crippen LogP contribution in [0.2, 0.25) is 5.02 Å². The first-order valence-corrected chi connectivity index (χ1v) is 3.56. The van der Waals surface area contributed by atoms with Crippen molar-refractivity contribution in [3.8, 4) is 5.75 Å². The Balaban J connectivity index is 3.17. The van der Waals surface area contributed by atoms with Crippen LogP contribution in [0.3, 0.4) is 0 Å². The van der Waals surface area contributed by atoms with Crippen LogP contribution in [0.25, 0.3) is 0 Å². The van der Waals surface area contributed by atoms with Crippen LogP contribution in [-0.4, -0.2) is 11.1 Å². The van der Waals surface area contributed by atoms with Gasteiger partial charge in [0.15, 0.2) is 5.96 Å². The maximum absolute atomic E-state index is 9.13. The van der Waals surface area contributed by atoms with Crippen LogP contribution in [0.4, 0.5) is 5.69 Å². The van der Waals surface area contributed by atoms with Gasteiger partial charge in [0.1, 0.15) is 10.8 Å². The van der Waals surface area contributed by atoms with Crippen LogP contribution in [0.5, 0.6) is 5.75 Å². The van der Waals surface area contributed by atoms with Crippen molar-refractivity contribution in [3.63, 3.8) is 0 Å². The molecular formula is C7H8ClN3O. The molecule has 0 bridgehead atoms. The van der Waals surface area contributed by atoms with Crippen LogP contribution in [0, 0.1) is 0 Å². The van der Waals surface area contributed by atoms with Gasteiger partial charge in [-0.25, -0.2) is 4.99 Å². The Morgan fingerprint density at radius 2 is 2.08 bits per heavy atom. The number of nitrogens with two attached hydrogens (primary N) is 2. The highest BCUT2D eigenvalue weighted by atomic mass is 35.5. The molecule has 1 aromatic rings. The fourth-order valence-electron chi connectivity index (χ4n) is 0.733. The second-order valence-electron chi connectivity index (χ2n) is 2.15. The predicted molar refractivity (Wildman–Crippen MR) is 48.6 cm³/mol. The van der Waals surface area contributed by atoms with E-state index in [1.165, 1.54) is 6.07 Å². The van der Waals surface area contributed by atoms with Crippen molar-refractivity contribution in [2.75, 3.05) is 0 Å². The fraction of sp³-hybridized carbons (Fsp3) is 0. The minimum atomic E-state index is -0.0949. The molecule has 0 aromatic heterocycles. The van der Waals surface area contributed by atoms with E-state index in [1.807, 2.05) is 0 Å². The second-order valence-corrected chi connectivity index (χ2v) is 2.52. The Morgan fingerprint density at radius 3 is 2.67 bits per heavy atom. The number of rotatable bonds is 1. The number of aromatic hydroxyl groups is 1. The van der Waals surface area contributed by atoms with Gasteiger partial charge in [-0.3, -0.25) is 0 Å². The molecule has 4 nitrogen and oxygen atoms in total. The Hall–Kier alpha value is -1.42. The Labute approximate surface area is 74.5 Å². The van der Waals surface area contributed by atoms with Crippen molar-refractivity contribution in [2.45, 2.75) is 0 Å². The standard InChI is InChI=1S/C7H8ClN3O/c8-6-4(11-7(9)10)2-1-3-5(6)12/h1-3,12H,(H4,9,10,11). The first kappa shape index (κ1) is 8.67. The summed E-state index contributed by atoms with van der Waals surface area (Å²) in [7, 11) is 0. The maximum Gasteiger partial charge on any atom is 0.191 e. The zero-order valence-electron chi connectivity index (χ0n) is 6.16. The lowest BCUT2D eigenvalue weighted by Gasteiger charge is -1.99. The number of benzene rings is 1. The minimum Gasteiger partial charge on any atom is -0.506 e. The number of guanidine groups is 1. The monoisotopic (exact) mass is 185 g/mol. The molecule has 1 rings (SSSR count). The molecule has 0 saturated heterocycles. The first-order chi connectivity index (χ1) is 5.61. The summed E-state index contributed by atoms with van der Waals surface area (Å²) in [6, 6.07) is 4.65. The number of hydrogen-bond donors (Lipinski definition) is 3. The van der Waals surface area contributed by atoms with E-state index in [0.29, 0.717) is 5.69 Å². The molecule has 0 aliphatic heterocycles. The predicted octanol–water partition coefficient (Wildman–Crippen LogP) is 0.950. The third-order valence-corrected chi connectivity index (χ3v) is 1.59. The highest BCUT2D eigenvalue weighted by Crippen LogP contribution is 2.32. The van der Waals surface area contributed by atoms with E-state index in [-0.39, 0.29) is 16.7 Å². The summed E-state index contributed by atoms with van der Waals surface area (Å²) in [5, 5.41) is 9.27. The Kier molecular flexibility index (Phi) is 2.40. The van der Waals surface area contributed by atoms with Gasteiger partial charge >= 0.3 is 0 Å². The van der Waals surface area contributed by atoms with Crippen molar-refractivity contribution < 1.29 is 5.11 Å². The number of hydrogen-bond acceptors (Lipinski definition) is 2. The average molecular weight is 186 g/mol. The first-order valence-electron chi connectivity index (χ1n) is 3.18. The summed E-state index contributed by atoms with van der Waals surface area (Å²) in [4.78, 5) is 3.70. The molecule has 0 aliphatic carbocycles. The summed E-state index contributed by atoms with van der Waals surface area (Å²) in [6.45, 7) is 0. The molecule has 5 heteroatoms. The molecule has 12 heavy (non-hydrogen) atoms. The van der Waals surface area contributed by atoms with E-state index in [2.05, 4.69) is 4.99 Å². The Bertz CT molecular complexity index is 320. The summed E-state index contributed by atoms with van der Waals surface area (Å²) in [5.41, 5.74) is 10.6. The van der Waals surface area contributed by atoms with Gasteiger partial charge in [0, 0.05) is 0 Å². The number of phenols is 1. The molecule has 0 saturated carbocycles. The lowest BCUT2D eigenvalue weighted by atomic mass is 10.3. The lowest BCUT2D eigenvalue weighted by molar-refractivity contribution is 0.476. The molecule has 0 aliphatic rings. The quantitative estimate of drug-likeness (QED) is 0.450. The van der Waals surface area contributed by atoms with E-state index >= 15 is 0 Å². The van der Waals surface area contributed by atoms with Gasteiger partial charge in [-0.05, 0) is 12.1 Å². The van der Waals surface area contributed by atoms with E-state index in [4.69, 9.17) is 28.2 Å². The van der Waals surface area contributed by atoms with Gasteiger partial charge in [0.25, 0.3) is 0 Å². The maximum atomic E-state index is 9.13. The molecule has 0 heterocycles. The highest BCUT2D eigenvalue weighted by Gasteiger charge is 2.02. The number of aliphatic imine (C=N–C) groups is 1. The molecule has 0 spiro atoms. The van der Waals surface area contributed by atoms with Gasteiger partial charge in [0.2, 0.25) is 0 Å². The molecule has 64 valence electrons. The molecule has 0 unspecified atom stereocenters. The summed E-state index contributed by atoms with van der Waals surface area (Å²) < 4.78 is 0. The van der Waals surface area contributed by atoms with Crippen molar-refractivity contribution in [1.29, 1.82) is 0 Å². The van der Waals surface area contributed by atoms with Crippen molar-refractivity contribution in [2.24, 2.45) is 16.5 Å². The molecule has 1 aromatic carbocycles. The van der Waals surface area contributed by atoms with Crippen molar-refractivity contribution in [3.05, 3.63) is 23.2 Å². The average Bonchev–Trinajstić information content (AvgIpc) is 1.98. The minimum absolute atomic E-state index is 0.0424. The van der Waals surface area contributed by atoms with Crippen LogP contribution in [-0.2, 0) is 0 Å². The van der Waals surface area contributed by atoms with Crippen LogP contribution in [0.15, 0.2) is 23.2 Å². The van der Waals surface area contributed by atoms with Crippen LogP contribution in [0.1, 0.15) is 0 Å². The number of phenolic OH excluding ortho intramolecular Hbond substituents is 1. The molecule has 0 radical (unpaired) electrons. The Morgan fingerprint density at radius 1 is 1.42 bits per heavy atom. The van der Waals surface area contributed by atoms with Crippen molar-refractivity contribution in [1.82, 2.24) is 0 Å². The van der Waals surface area contributed by atoms with Gasteiger partial charge in [-0.2, -0.15) is 0 Å². The topological polar surface area (TPSA) is 84.6 Å². The SMILES string of the molecule is NC(N)=Nc1cccc(O)c1Cl. The molecule has 5 N–H and O–H groups in total. The third kappa shape index (κ3) is 1.79. The van der Waals surface area contributed by atoms with E-state index in [0.717, 1.165) is 0 Å². The van der Waals surface area contributed by atoms with Crippen LogP contribution < -0.4 is 11.5 Å². The fourth-order valence-corrected chi connectivity index (χ4v) is 0.902. The lowest BCUT2D eigenvalue weighted by Crippen LogP contribution is -2.21. The van der Waals surface area contributed by atoms with Gasteiger partial charge in [0.05, 0.1) is 5.69 Å². The van der Waals surface area contributed by atoms with Gasteiger partial charge in [-0.1, -0.05) is 17.7 Å². The zero-order valence-corrected chi connectivity index (χ0v) is 6.92. The van der Waals surface area contributed by atoms with E-state index in [9.17, 15) is 0 Å². The molecule has 0 atom stereocenters. The largest absolute Gasteiger partial charge is 0.506 e. The molecule has 0 amide bonds. The number of halogens is 1. The molecular weight excluding hydrogens is 178 g/mol. The van der Waals surface area contributed by atoms with Gasteiger partial charge < -0.3 is 16.6 Å². The smallest absolute Gasteiger partial charge is 0.191 e. The van der Waals surface area contributed by atoms with E-state index < -0.39 is 0 Å². The summed E-state index contributed by atoms with van der Waals surface area (Å²) >= 11 is 5.67. The normalized spacial score (nSPS) is 9.42. The zero-order chi connectivity index (χ0) is 9.14.